The molecule has 1 aromatic rings. The first kappa shape index (κ1) is 18.4. The number of aliphatic imine (C=N–C) groups is 2. The molecular weight excluding hydrogens is 382 g/mol. The monoisotopic (exact) mass is 403 g/mol. The summed E-state index contributed by atoms with van der Waals surface area (Å²) in [5, 5.41) is 13.1. The summed E-state index contributed by atoms with van der Waals surface area (Å²) in [6.07, 6.45) is -0.917. The van der Waals surface area contributed by atoms with Crippen molar-refractivity contribution >= 4 is 39.1 Å². The van der Waals surface area contributed by atoms with E-state index in [2.05, 4.69) is 44.7 Å². The second-order valence-electron chi connectivity index (χ2n) is 5.39. The van der Waals surface area contributed by atoms with Gasteiger partial charge < -0.3 is 14.6 Å². The van der Waals surface area contributed by atoms with Crippen molar-refractivity contribution in [1.82, 2.24) is 4.98 Å². The third kappa shape index (κ3) is 4.30. The number of ether oxygens (including phenoxy) is 2. The summed E-state index contributed by atoms with van der Waals surface area (Å²) in [6.45, 7) is 8.88. The highest BCUT2D eigenvalue weighted by Gasteiger charge is 2.37. The molecule has 2 rings (SSSR count). The van der Waals surface area contributed by atoms with Gasteiger partial charge in [-0.15, -0.1) is 11.3 Å². The van der Waals surface area contributed by atoms with E-state index in [-0.39, 0.29) is 12.0 Å². The van der Waals surface area contributed by atoms with Crippen LogP contribution in [0.4, 0.5) is 0 Å². The highest BCUT2D eigenvalue weighted by molar-refractivity contribution is 9.10. The number of hydrogen-bond acceptors (Lipinski definition) is 7. The van der Waals surface area contributed by atoms with Crippen molar-refractivity contribution in [2.24, 2.45) is 15.9 Å². The Kier molecular flexibility index (Phi) is 6.55. The molecule has 0 radical (unpaired) electrons. The molecule has 0 saturated carbocycles. The van der Waals surface area contributed by atoms with Gasteiger partial charge in [0.25, 0.3) is 0 Å². The second kappa shape index (κ2) is 8.21. The van der Waals surface area contributed by atoms with E-state index in [4.69, 9.17) is 9.47 Å². The van der Waals surface area contributed by atoms with Gasteiger partial charge in [-0.3, -0.25) is 0 Å². The van der Waals surface area contributed by atoms with Crippen LogP contribution in [-0.2, 0) is 9.47 Å². The molecule has 0 saturated heterocycles. The van der Waals surface area contributed by atoms with E-state index in [0.717, 1.165) is 0 Å². The predicted octanol–water partition coefficient (Wildman–Crippen LogP) is 3.22. The second-order valence-corrected chi connectivity index (χ2v) is 7.09. The molecule has 2 heterocycles. The molecular formula is C15H22BrN3O3S. The van der Waals surface area contributed by atoms with Gasteiger partial charge in [0.05, 0.1) is 13.2 Å². The van der Waals surface area contributed by atoms with Gasteiger partial charge in [0.2, 0.25) is 11.8 Å². The summed E-state index contributed by atoms with van der Waals surface area (Å²) in [6, 6.07) is -0.826. The van der Waals surface area contributed by atoms with Crippen LogP contribution in [0.5, 0.6) is 0 Å². The van der Waals surface area contributed by atoms with Crippen molar-refractivity contribution in [3.63, 3.8) is 0 Å². The molecule has 3 atom stereocenters. The third-order valence-electron chi connectivity index (χ3n) is 3.30. The minimum atomic E-state index is -0.917. The average Bonchev–Trinajstić information content (AvgIpc) is 2.94. The number of aromatic nitrogens is 1. The van der Waals surface area contributed by atoms with E-state index in [0.29, 0.717) is 34.6 Å². The first-order valence-electron chi connectivity index (χ1n) is 7.67. The molecule has 1 aliphatic heterocycles. The Hall–Kier alpha value is -0.990. The number of aliphatic hydroxyl groups is 1. The molecule has 6 nitrogen and oxygen atoms in total. The number of nitrogens with zero attached hydrogens (tertiary/aromatic N) is 3. The highest BCUT2D eigenvalue weighted by atomic mass is 79.9. The fourth-order valence-corrected chi connectivity index (χ4v) is 3.53. The number of aliphatic hydroxyl groups excluding tert-OH is 1. The smallest absolute Gasteiger partial charge is 0.212 e. The van der Waals surface area contributed by atoms with Crippen molar-refractivity contribution in [3.05, 3.63) is 15.0 Å². The van der Waals surface area contributed by atoms with Crippen LogP contribution in [0.3, 0.4) is 0 Å². The quantitative estimate of drug-likeness (QED) is 0.818. The Bertz CT molecular complexity index is 588. The van der Waals surface area contributed by atoms with Crippen LogP contribution >= 0.6 is 27.3 Å². The Morgan fingerprint density at radius 3 is 2.22 bits per heavy atom. The van der Waals surface area contributed by atoms with Gasteiger partial charge in [-0.05, 0) is 35.7 Å². The minimum Gasteiger partial charge on any atom is -0.480 e. The molecule has 0 fully saturated rings. The fraction of sp³-hybridized carbons (Fsp3) is 0.667. The van der Waals surface area contributed by atoms with Crippen molar-refractivity contribution < 1.29 is 14.6 Å². The van der Waals surface area contributed by atoms with Gasteiger partial charge in [0, 0.05) is 5.38 Å². The molecule has 128 valence electrons. The summed E-state index contributed by atoms with van der Waals surface area (Å²) in [4.78, 5) is 13.5. The Labute approximate surface area is 148 Å². The molecule has 0 unspecified atom stereocenters. The van der Waals surface area contributed by atoms with E-state index >= 15 is 0 Å². The van der Waals surface area contributed by atoms with Crippen molar-refractivity contribution in [2.75, 3.05) is 13.2 Å². The van der Waals surface area contributed by atoms with E-state index in [1.165, 1.54) is 11.3 Å². The molecule has 0 aromatic carbocycles. The van der Waals surface area contributed by atoms with E-state index in [1.54, 1.807) is 0 Å². The Balaban J connectivity index is 2.35. The Morgan fingerprint density at radius 1 is 1.17 bits per heavy atom. The predicted molar refractivity (Wildman–Crippen MR) is 95.3 cm³/mol. The Morgan fingerprint density at radius 2 is 1.74 bits per heavy atom. The maximum Gasteiger partial charge on any atom is 0.212 e. The van der Waals surface area contributed by atoms with Crippen LogP contribution in [0.15, 0.2) is 20.0 Å². The average molecular weight is 404 g/mol. The van der Waals surface area contributed by atoms with E-state index in [1.807, 2.05) is 19.2 Å². The van der Waals surface area contributed by atoms with Gasteiger partial charge in [0.1, 0.15) is 21.8 Å². The molecule has 1 N–H and O–H groups in total. The lowest BCUT2D eigenvalue weighted by atomic mass is 10.0. The zero-order valence-corrected chi connectivity index (χ0v) is 16.1. The molecule has 0 amide bonds. The van der Waals surface area contributed by atoms with E-state index in [9.17, 15) is 5.11 Å². The first-order chi connectivity index (χ1) is 11.0. The first-order valence-corrected chi connectivity index (χ1v) is 9.35. The molecule has 23 heavy (non-hydrogen) atoms. The van der Waals surface area contributed by atoms with Gasteiger partial charge in [0.15, 0.2) is 6.04 Å². The zero-order valence-electron chi connectivity index (χ0n) is 13.7. The van der Waals surface area contributed by atoms with Crippen LogP contribution in [0.2, 0.25) is 0 Å². The lowest BCUT2D eigenvalue weighted by molar-refractivity contribution is 0.150. The van der Waals surface area contributed by atoms with Crippen molar-refractivity contribution in [3.8, 4) is 0 Å². The minimum absolute atomic E-state index is 0.192. The van der Waals surface area contributed by atoms with Crippen molar-refractivity contribution in [2.45, 2.75) is 45.9 Å². The summed E-state index contributed by atoms with van der Waals surface area (Å²) in [5.41, 5.74) is 0. The van der Waals surface area contributed by atoms with Gasteiger partial charge in [-0.2, -0.15) is 0 Å². The van der Waals surface area contributed by atoms with Crippen LogP contribution in [0.1, 0.15) is 38.8 Å². The standard InChI is InChI=1S/C15H22BrN3O3S/c1-5-21-13-10(8(3)4)18-14(22-6-2)11(19-13)12(20)15-17-9(16)7-23-15/h7-8,10-12,20H,5-6H2,1-4H3/t10-,11+,12+/m1/s1. The maximum atomic E-state index is 10.7. The molecule has 8 heteroatoms. The SMILES string of the molecule is CCOC1=N[C@H](C(C)C)C(OCC)=N[C@H]1[C@H](O)c1nc(Br)cs1. The summed E-state index contributed by atoms with van der Waals surface area (Å²) in [5.74, 6) is 1.21. The van der Waals surface area contributed by atoms with Crippen LogP contribution < -0.4 is 0 Å². The largest absolute Gasteiger partial charge is 0.480 e. The molecule has 0 spiro atoms. The molecule has 1 aliphatic rings. The molecule has 0 aliphatic carbocycles. The fourth-order valence-electron chi connectivity index (χ4n) is 2.26. The number of halogens is 1. The van der Waals surface area contributed by atoms with Gasteiger partial charge in [-0.25, -0.2) is 15.0 Å². The molecule has 0 bridgehead atoms. The topological polar surface area (TPSA) is 76.3 Å². The number of rotatable bonds is 5. The van der Waals surface area contributed by atoms with Gasteiger partial charge in [-0.1, -0.05) is 13.8 Å². The lowest BCUT2D eigenvalue weighted by Crippen LogP contribution is -2.40. The van der Waals surface area contributed by atoms with Crippen molar-refractivity contribution in [1.29, 1.82) is 0 Å². The summed E-state index contributed by atoms with van der Waals surface area (Å²) < 4.78 is 12.0. The lowest BCUT2D eigenvalue weighted by Gasteiger charge is -2.29. The summed E-state index contributed by atoms with van der Waals surface area (Å²) >= 11 is 4.67. The van der Waals surface area contributed by atoms with Crippen LogP contribution in [0, 0.1) is 5.92 Å². The number of hydrogen-bond donors (Lipinski definition) is 1. The highest BCUT2D eigenvalue weighted by Crippen LogP contribution is 2.29. The van der Waals surface area contributed by atoms with Crippen LogP contribution in [0.25, 0.3) is 0 Å². The number of thiazole rings is 1. The summed E-state index contributed by atoms with van der Waals surface area (Å²) in [7, 11) is 0. The van der Waals surface area contributed by atoms with E-state index < -0.39 is 12.1 Å². The third-order valence-corrected chi connectivity index (χ3v) is 4.93. The van der Waals surface area contributed by atoms with Crippen LogP contribution in [-0.4, -0.2) is 47.2 Å². The maximum absolute atomic E-state index is 10.7. The molecule has 1 aromatic heterocycles. The van der Waals surface area contributed by atoms with Gasteiger partial charge >= 0.3 is 0 Å². The zero-order chi connectivity index (χ0) is 17.0. The normalized spacial score (nSPS) is 22.6.